The summed E-state index contributed by atoms with van der Waals surface area (Å²) >= 11 is 0. The summed E-state index contributed by atoms with van der Waals surface area (Å²) in [6.07, 6.45) is 7.27. The highest BCUT2D eigenvalue weighted by Crippen LogP contribution is 2.23. The van der Waals surface area contributed by atoms with E-state index in [1.54, 1.807) is 17.3 Å². The molecule has 1 aliphatic rings. The Morgan fingerprint density at radius 3 is 2.62 bits per heavy atom. The van der Waals surface area contributed by atoms with Crippen molar-refractivity contribution in [2.45, 2.75) is 19.8 Å². The predicted octanol–water partition coefficient (Wildman–Crippen LogP) is 3.14. The average Bonchev–Trinajstić information content (AvgIpc) is 2.58. The first-order valence-corrected chi connectivity index (χ1v) is 7.90. The van der Waals surface area contributed by atoms with Crippen LogP contribution >= 0.6 is 0 Å². The van der Waals surface area contributed by atoms with E-state index in [2.05, 4.69) is 16.0 Å². The number of ether oxygens (including phenoxy) is 1. The molecule has 124 valence electrons. The van der Waals surface area contributed by atoms with Crippen LogP contribution in [0, 0.1) is 6.92 Å². The molecule has 3 rings (SSSR count). The molecule has 1 aromatic heterocycles. The number of aryl methyl sites for hydroxylation is 1. The summed E-state index contributed by atoms with van der Waals surface area (Å²) < 4.78 is 5.69. The predicted molar refractivity (Wildman–Crippen MR) is 91.7 cm³/mol. The van der Waals surface area contributed by atoms with Crippen molar-refractivity contribution in [2.24, 2.45) is 5.73 Å². The quantitative estimate of drug-likeness (QED) is 0.940. The lowest BCUT2D eigenvalue weighted by molar-refractivity contribution is 0.203. The number of urea groups is 1. The Balaban J connectivity index is 1.68. The fraction of sp³-hybridized carbons (Fsp3) is 0.278. The topological polar surface area (TPSA) is 81.3 Å². The Labute approximate surface area is 141 Å². The lowest BCUT2D eigenvalue weighted by atomic mass is 10.0. The van der Waals surface area contributed by atoms with Crippen LogP contribution in [0.25, 0.3) is 6.08 Å². The monoisotopic (exact) mass is 324 g/mol. The molecule has 6 nitrogen and oxygen atoms in total. The molecule has 1 aromatic carbocycles. The highest BCUT2D eigenvalue weighted by Gasteiger charge is 2.16. The Morgan fingerprint density at radius 2 is 1.96 bits per heavy atom. The molecule has 0 bridgehead atoms. The normalized spacial score (nSPS) is 14.4. The van der Waals surface area contributed by atoms with Crippen LogP contribution in [0.2, 0.25) is 0 Å². The van der Waals surface area contributed by atoms with Crippen molar-refractivity contribution in [1.82, 2.24) is 14.9 Å². The molecular formula is C18H20N4O2. The summed E-state index contributed by atoms with van der Waals surface area (Å²) in [5, 5.41) is 0. The van der Waals surface area contributed by atoms with Crippen LogP contribution in [0.5, 0.6) is 11.8 Å². The van der Waals surface area contributed by atoms with Gasteiger partial charge in [0.2, 0.25) is 0 Å². The molecule has 1 fully saturated rings. The zero-order chi connectivity index (χ0) is 16.9. The van der Waals surface area contributed by atoms with Gasteiger partial charge in [0.25, 0.3) is 0 Å². The molecule has 0 spiro atoms. The second kappa shape index (κ2) is 7.12. The summed E-state index contributed by atoms with van der Waals surface area (Å²) in [7, 11) is 0. The van der Waals surface area contributed by atoms with Gasteiger partial charge in [-0.3, -0.25) is 0 Å². The van der Waals surface area contributed by atoms with Gasteiger partial charge in [0.05, 0.1) is 0 Å². The van der Waals surface area contributed by atoms with Crippen LogP contribution in [-0.4, -0.2) is 34.0 Å². The Kier molecular flexibility index (Phi) is 4.74. The van der Waals surface area contributed by atoms with E-state index in [0.717, 1.165) is 24.0 Å². The molecule has 1 saturated heterocycles. The van der Waals surface area contributed by atoms with Crippen LogP contribution in [-0.2, 0) is 0 Å². The Hall–Kier alpha value is -2.89. The maximum Gasteiger partial charge on any atom is 0.321 e. The number of likely N-dealkylation sites (tertiary alicyclic amines) is 1. The molecule has 0 atom stereocenters. The first kappa shape index (κ1) is 16.0. The van der Waals surface area contributed by atoms with Gasteiger partial charge in [-0.2, -0.15) is 0 Å². The van der Waals surface area contributed by atoms with Gasteiger partial charge in [-0.15, -0.1) is 0 Å². The van der Waals surface area contributed by atoms with Crippen molar-refractivity contribution < 1.29 is 9.53 Å². The van der Waals surface area contributed by atoms with E-state index < -0.39 is 0 Å². The van der Waals surface area contributed by atoms with Crippen molar-refractivity contribution >= 4 is 12.1 Å². The standard InChI is InChI=1S/C18H20N4O2/c1-13-11-20-18(21-12-13)24-16-4-2-3-15(10-16)9-14-5-7-22(8-6-14)17(19)23/h2-4,9-12H,5-8H2,1H3,(H2,19,23). The first-order valence-electron chi connectivity index (χ1n) is 7.90. The summed E-state index contributed by atoms with van der Waals surface area (Å²) in [4.78, 5) is 21.1. The third-order valence-electron chi connectivity index (χ3n) is 3.91. The van der Waals surface area contributed by atoms with E-state index in [0.29, 0.717) is 24.8 Å². The van der Waals surface area contributed by atoms with Gasteiger partial charge in [0.15, 0.2) is 0 Å². The zero-order valence-electron chi connectivity index (χ0n) is 13.6. The van der Waals surface area contributed by atoms with Gasteiger partial charge >= 0.3 is 12.0 Å². The minimum absolute atomic E-state index is 0.333. The second-order valence-corrected chi connectivity index (χ2v) is 5.85. The fourth-order valence-corrected chi connectivity index (χ4v) is 2.60. The van der Waals surface area contributed by atoms with Crippen LogP contribution in [0.3, 0.4) is 0 Å². The molecule has 2 aromatic rings. The minimum Gasteiger partial charge on any atom is -0.424 e. The number of nitrogens with zero attached hydrogens (tertiary/aromatic N) is 3. The fourth-order valence-electron chi connectivity index (χ4n) is 2.60. The number of carbonyl (C=O) groups is 1. The van der Waals surface area contributed by atoms with Crippen LogP contribution in [0.15, 0.2) is 42.2 Å². The lowest BCUT2D eigenvalue weighted by Gasteiger charge is -2.26. The highest BCUT2D eigenvalue weighted by atomic mass is 16.5. The van der Waals surface area contributed by atoms with Crippen molar-refractivity contribution in [3.63, 3.8) is 0 Å². The second-order valence-electron chi connectivity index (χ2n) is 5.85. The summed E-state index contributed by atoms with van der Waals surface area (Å²) in [6.45, 7) is 3.28. The van der Waals surface area contributed by atoms with E-state index in [9.17, 15) is 4.79 Å². The molecule has 24 heavy (non-hydrogen) atoms. The number of aromatic nitrogens is 2. The number of amides is 2. The molecule has 2 heterocycles. The zero-order valence-corrected chi connectivity index (χ0v) is 13.6. The largest absolute Gasteiger partial charge is 0.424 e. The molecular weight excluding hydrogens is 304 g/mol. The third kappa shape index (κ3) is 4.10. The molecule has 1 aliphatic heterocycles. The van der Waals surface area contributed by atoms with Gasteiger partial charge in [-0.25, -0.2) is 14.8 Å². The van der Waals surface area contributed by atoms with Crippen LogP contribution in [0.1, 0.15) is 24.0 Å². The first-order chi connectivity index (χ1) is 11.6. The summed E-state index contributed by atoms with van der Waals surface area (Å²) in [6, 6.07) is 7.78. The Bertz CT molecular complexity index is 746. The molecule has 0 radical (unpaired) electrons. The molecule has 6 heteroatoms. The maximum absolute atomic E-state index is 11.2. The van der Waals surface area contributed by atoms with Crippen molar-refractivity contribution in [1.29, 1.82) is 0 Å². The Morgan fingerprint density at radius 1 is 1.25 bits per heavy atom. The minimum atomic E-state index is -0.345. The summed E-state index contributed by atoms with van der Waals surface area (Å²) in [5.74, 6) is 0.697. The number of carbonyl (C=O) groups excluding carboxylic acids is 1. The van der Waals surface area contributed by atoms with Crippen molar-refractivity contribution in [3.8, 4) is 11.8 Å². The molecule has 2 amide bonds. The third-order valence-corrected chi connectivity index (χ3v) is 3.91. The molecule has 2 N–H and O–H groups in total. The van der Waals surface area contributed by atoms with Crippen LogP contribution in [0.4, 0.5) is 4.79 Å². The number of hydrogen-bond acceptors (Lipinski definition) is 4. The van der Waals surface area contributed by atoms with Crippen molar-refractivity contribution in [2.75, 3.05) is 13.1 Å². The lowest BCUT2D eigenvalue weighted by Crippen LogP contribution is -2.39. The van der Waals surface area contributed by atoms with E-state index in [1.807, 2.05) is 31.2 Å². The molecule has 0 aliphatic carbocycles. The highest BCUT2D eigenvalue weighted by molar-refractivity contribution is 5.72. The van der Waals surface area contributed by atoms with E-state index >= 15 is 0 Å². The maximum atomic E-state index is 11.2. The number of benzene rings is 1. The van der Waals surface area contributed by atoms with Crippen molar-refractivity contribution in [3.05, 3.63) is 53.4 Å². The van der Waals surface area contributed by atoms with E-state index in [1.165, 1.54) is 5.57 Å². The van der Waals surface area contributed by atoms with Gasteiger partial charge < -0.3 is 15.4 Å². The number of primary amides is 1. The number of nitrogens with two attached hydrogens (primary N) is 1. The molecule has 0 unspecified atom stereocenters. The SMILES string of the molecule is Cc1cnc(Oc2cccc(C=C3CCN(C(N)=O)CC3)c2)nc1. The number of piperidine rings is 1. The summed E-state index contributed by atoms with van der Waals surface area (Å²) in [5.41, 5.74) is 8.66. The van der Waals surface area contributed by atoms with E-state index in [-0.39, 0.29) is 6.03 Å². The number of hydrogen-bond donors (Lipinski definition) is 1. The van der Waals surface area contributed by atoms with Crippen LogP contribution < -0.4 is 10.5 Å². The van der Waals surface area contributed by atoms with E-state index in [4.69, 9.17) is 10.5 Å². The number of rotatable bonds is 3. The average molecular weight is 324 g/mol. The van der Waals surface area contributed by atoms with Gasteiger partial charge in [0.1, 0.15) is 5.75 Å². The van der Waals surface area contributed by atoms with Gasteiger partial charge in [-0.05, 0) is 43.0 Å². The van der Waals surface area contributed by atoms with Gasteiger partial charge in [0, 0.05) is 25.5 Å². The molecule has 0 saturated carbocycles. The van der Waals surface area contributed by atoms with Gasteiger partial charge in [-0.1, -0.05) is 23.8 Å². The smallest absolute Gasteiger partial charge is 0.321 e.